The van der Waals surface area contributed by atoms with E-state index in [0.717, 1.165) is 28.6 Å². The van der Waals surface area contributed by atoms with Crippen LogP contribution in [0.4, 0.5) is 10.5 Å². The van der Waals surface area contributed by atoms with Gasteiger partial charge < -0.3 is 15.5 Å². The molecular formula is C21H23N3O. The molecule has 0 atom stereocenters. The van der Waals surface area contributed by atoms with Crippen LogP contribution >= 0.6 is 0 Å². The summed E-state index contributed by atoms with van der Waals surface area (Å²) in [6.45, 7) is 1.35. The summed E-state index contributed by atoms with van der Waals surface area (Å²) in [5.74, 6) is 0. The van der Waals surface area contributed by atoms with Gasteiger partial charge in [-0.15, -0.1) is 0 Å². The number of anilines is 1. The molecule has 0 heterocycles. The number of rotatable bonds is 5. The Morgan fingerprint density at radius 1 is 0.880 bits per heavy atom. The molecular weight excluding hydrogens is 310 g/mol. The van der Waals surface area contributed by atoms with Gasteiger partial charge in [-0.3, -0.25) is 0 Å². The fraction of sp³-hybridized carbons (Fsp3) is 0.190. The lowest BCUT2D eigenvalue weighted by Crippen LogP contribution is -2.28. The second-order valence-electron chi connectivity index (χ2n) is 6.38. The Bertz CT molecular complexity index is 874. The predicted molar refractivity (Wildman–Crippen MR) is 104 cm³/mol. The van der Waals surface area contributed by atoms with Crippen molar-refractivity contribution in [1.82, 2.24) is 10.2 Å². The molecule has 3 aromatic carbocycles. The Labute approximate surface area is 148 Å². The molecule has 0 saturated heterocycles. The molecule has 2 N–H and O–H groups in total. The maximum atomic E-state index is 12.2. The van der Waals surface area contributed by atoms with E-state index in [1.165, 1.54) is 5.56 Å². The van der Waals surface area contributed by atoms with Crippen LogP contribution in [0, 0.1) is 0 Å². The number of fused-ring (bicyclic) bond motifs is 1. The maximum absolute atomic E-state index is 12.2. The number of hydrogen-bond acceptors (Lipinski definition) is 2. The Hall–Kier alpha value is -2.85. The average Bonchev–Trinajstić information content (AvgIpc) is 2.60. The molecule has 0 spiro atoms. The highest BCUT2D eigenvalue weighted by atomic mass is 16.2. The van der Waals surface area contributed by atoms with E-state index in [0.29, 0.717) is 6.54 Å². The van der Waals surface area contributed by atoms with Gasteiger partial charge in [0.1, 0.15) is 0 Å². The minimum absolute atomic E-state index is 0.199. The van der Waals surface area contributed by atoms with Crippen molar-refractivity contribution in [2.75, 3.05) is 19.4 Å². The zero-order valence-corrected chi connectivity index (χ0v) is 14.6. The lowest BCUT2D eigenvalue weighted by Gasteiger charge is -2.15. The zero-order valence-electron chi connectivity index (χ0n) is 14.6. The van der Waals surface area contributed by atoms with Crippen molar-refractivity contribution in [3.8, 4) is 0 Å². The molecule has 0 aromatic heterocycles. The number of nitrogens with zero attached hydrogens (tertiary/aromatic N) is 1. The van der Waals surface area contributed by atoms with Gasteiger partial charge in [0.25, 0.3) is 0 Å². The van der Waals surface area contributed by atoms with Crippen LogP contribution in [0.25, 0.3) is 10.8 Å². The van der Waals surface area contributed by atoms with Crippen molar-refractivity contribution >= 4 is 22.5 Å². The van der Waals surface area contributed by atoms with Crippen molar-refractivity contribution in [2.45, 2.75) is 13.1 Å². The first kappa shape index (κ1) is 17.0. The minimum Gasteiger partial charge on any atom is -0.334 e. The van der Waals surface area contributed by atoms with Crippen molar-refractivity contribution in [2.24, 2.45) is 0 Å². The van der Waals surface area contributed by atoms with E-state index in [-0.39, 0.29) is 6.03 Å². The van der Waals surface area contributed by atoms with Crippen LogP contribution in [-0.2, 0) is 13.1 Å². The normalized spacial score (nSPS) is 10.8. The van der Waals surface area contributed by atoms with Crippen molar-refractivity contribution in [1.29, 1.82) is 0 Å². The lowest BCUT2D eigenvalue weighted by molar-refractivity contribution is 0.251. The molecule has 0 radical (unpaired) electrons. The second-order valence-corrected chi connectivity index (χ2v) is 6.38. The Morgan fingerprint density at radius 3 is 2.32 bits per heavy atom. The topological polar surface area (TPSA) is 44.4 Å². The number of hydrogen-bond donors (Lipinski definition) is 2. The molecule has 4 heteroatoms. The Kier molecular flexibility index (Phi) is 5.31. The highest BCUT2D eigenvalue weighted by Crippen LogP contribution is 2.18. The molecule has 128 valence electrons. The summed E-state index contributed by atoms with van der Waals surface area (Å²) >= 11 is 0. The van der Waals surface area contributed by atoms with Crippen molar-refractivity contribution in [3.63, 3.8) is 0 Å². The van der Waals surface area contributed by atoms with Gasteiger partial charge in [0, 0.05) is 18.8 Å². The number of urea groups is 1. The minimum atomic E-state index is -0.199. The van der Waals surface area contributed by atoms with E-state index < -0.39 is 0 Å². The highest BCUT2D eigenvalue weighted by molar-refractivity contribution is 5.93. The maximum Gasteiger partial charge on any atom is 0.319 e. The smallest absolute Gasteiger partial charge is 0.319 e. The predicted octanol–water partition coefficient (Wildman–Crippen LogP) is 4.22. The van der Waals surface area contributed by atoms with E-state index in [1.54, 1.807) is 0 Å². The number of nitrogens with one attached hydrogen (secondary N) is 2. The molecule has 0 unspecified atom stereocenters. The van der Waals surface area contributed by atoms with E-state index in [2.05, 4.69) is 33.7 Å². The molecule has 3 aromatic rings. The molecule has 2 amide bonds. The number of carbonyl (C=O) groups excluding carboxylic acids is 1. The summed E-state index contributed by atoms with van der Waals surface area (Å²) in [5.41, 5.74) is 3.14. The first-order valence-electron chi connectivity index (χ1n) is 8.37. The first-order chi connectivity index (χ1) is 12.1. The molecule has 0 aliphatic carbocycles. The van der Waals surface area contributed by atoms with E-state index >= 15 is 0 Å². The number of benzene rings is 3. The highest BCUT2D eigenvalue weighted by Gasteiger charge is 2.06. The number of amides is 2. The van der Waals surface area contributed by atoms with Gasteiger partial charge >= 0.3 is 6.03 Å². The van der Waals surface area contributed by atoms with Gasteiger partial charge in [0.15, 0.2) is 0 Å². The van der Waals surface area contributed by atoms with Crippen LogP contribution in [-0.4, -0.2) is 25.0 Å². The SMILES string of the molecule is CN(C)Cc1ccccc1CNC(=O)Nc1ccc2ccccc2c1. The van der Waals surface area contributed by atoms with Gasteiger partial charge in [-0.1, -0.05) is 54.6 Å². The van der Waals surface area contributed by atoms with Crippen LogP contribution in [0.2, 0.25) is 0 Å². The van der Waals surface area contributed by atoms with Gasteiger partial charge in [0.05, 0.1) is 0 Å². The molecule has 0 bridgehead atoms. The largest absolute Gasteiger partial charge is 0.334 e. The van der Waals surface area contributed by atoms with Gasteiger partial charge in [-0.25, -0.2) is 4.79 Å². The quantitative estimate of drug-likeness (QED) is 0.734. The summed E-state index contributed by atoms with van der Waals surface area (Å²) in [5, 5.41) is 8.11. The van der Waals surface area contributed by atoms with E-state index in [9.17, 15) is 4.79 Å². The summed E-state index contributed by atoms with van der Waals surface area (Å²) in [4.78, 5) is 14.3. The molecule has 3 rings (SSSR count). The lowest BCUT2D eigenvalue weighted by atomic mass is 10.1. The van der Waals surface area contributed by atoms with Gasteiger partial charge in [0.2, 0.25) is 0 Å². The second kappa shape index (κ2) is 7.81. The van der Waals surface area contributed by atoms with E-state index in [1.807, 2.05) is 62.6 Å². The fourth-order valence-electron chi connectivity index (χ4n) is 2.84. The molecule has 25 heavy (non-hydrogen) atoms. The molecule has 0 saturated carbocycles. The van der Waals surface area contributed by atoms with Crippen LogP contribution in [0.1, 0.15) is 11.1 Å². The van der Waals surface area contributed by atoms with Gasteiger partial charge in [-0.2, -0.15) is 0 Å². The summed E-state index contributed by atoms with van der Waals surface area (Å²) in [7, 11) is 4.08. The van der Waals surface area contributed by atoms with Crippen LogP contribution < -0.4 is 10.6 Å². The molecule has 0 aliphatic rings. The van der Waals surface area contributed by atoms with E-state index in [4.69, 9.17) is 0 Å². The Morgan fingerprint density at radius 2 is 1.56 bits per heavy atom. The third-order valence-corrected chi connectivity index (χ3v) is 4.05. The van der Waals surface area contributed by atoms with Gasteiger partial charge in [-0.05, 0) is 48.1 Å². The molecule has 0 fully saturated rings. The van der Waals surface area contributed by atoms with Crippen molar-refractivity contribution in [3.05, 3.63) is 77.9 Å². The summed E-state index contributed by atoms with van der Waals surface area (Å²) in [6.07, 6.45) is 0. The number of carbonyl (C=O) groups is 1. The third-order valence-electron chi connectivity index (χ3n) is 4.05. The van der Waals surface area contributed by atoms with Crippen LogP contribution in [0.5, 0.6) is 0 Å². The van der Waals surface area contributed by atoms with Crippen molar-refractivity contribution < 1.29 is 4.79 Å². The van der Waals surface area contributed by atoms with Crippen LogP contribution in [0.3, 0.4) is 0 Å². The standard InChI is InChI=1S/C21H23N3O/c1-24(2)15-19-10-6-5-9-18(19)14-22-21(25)23-20-12-11-16-7-3-4-8-17(16)13-20/h3-13H,14-15H2,1-2H3,(H2,22,23,25). The monoisotopic (exact) mass is 333 g/mol. The zero-order chi connectivity index (χ0) is 17.6. The van der Waals surface area contributed by atoms with Crippen LogP contribution in [0.15, 0.2) is 66.7 Å². The molecule has 0 aliphatic heterocycles. The molecule has 4 nitrogen and oxygen atoms in total. The summed E-state index contributed by atoms with van der Waals surface area (Å²) in [6, 6.07) is 22.0. The Balaban J connectivity index is 1.63. The summed E-state index contributed by atoms with van der Waals surface area (Å²) < 4.78 is 0. The third kappa shape index (κ3) is 4.58. The average molecular weight is 333 g/mol. The fourth-order valence-corrected chi connectivity index (χ4v) is 2.84. The first-order valence-corrected chi connectivity index (χ1v) is 8.37.